The van der Waals surface area contributed by atoms with Crippen LogP contribution in [0.5, 0.6) is 0 Å². The van der Waals surface area contributed by atoms with Gasteiger partial charge in [0.15, 0.2) is 0 Å². The second-order valence-corrected chi connectivity index (χ2v) is 8.05. The lowest BCUT2D eigenvalue weighted by Crippen LogP contribution is -2.33. The van der Waals surface area contributed by atoms with Crippen LogP contribution >= 0.6 is 0 Å². The topological polar surface area (TPSA) is 96.2 Å². The summed E-state index contributed by atoms with van der Waals surface area (Å²) in [4.78, 5) is 12.1. The Bertz CT molecular complexity index is 623. The Morgan fingerprint density at radius 1 is 1.17 bits per heavy atom. The third-order valence-corrected chi connectivity index (χ3v) is 5.15. The Labute approximate surface area is 173 Å². The first-order valence-corrected chi connectivity index (χ1v) is 10.4. The van der Waals surface area contributed by atoms with Gasteiger partial charge in [-0.25, -0.2) is 4.79 Å². The van der Waals surface area contributed by atoms with Gasteiger partial charge < -0.3 is 24.8 Å². The molecule has 6 heteroatoms. The highest BCUT2D eigenvalue weighted by Gasteiger charge is 2.22. The smallest absolute Gasteiger partial charge is 0.330 e. The molecule has 3 N–H and O–H groups in total. The standard InChI is InChI=1S/C23H34O6/c1-16-12-17(2)14-20-9-4-7-19(28-20)8-5-11-23(27)29-22(21(26)15-24)10-3-6-18(25)13-16/h3-7,11,17-22,24-26H,1,8-10,12-15H2,2H3/t17-,18-,19-,20-,21-,22-/m0/s1. The van der Waals surface area contributed by atoms with E-state index in [1.165, 1.54) is 6.08 Å². The predicted octanol–water partition coefficient (Wildman–Crippen LogP) is 2.59. The molecule has 6 atom stereocenters. The molecule has 29 heavy (non-hydrogen) atoms. The van der Waals surface area contributed by atoms with Crippen molar-refractivity contribution in [2.24, 2.45) is 5.92 Å². The minimum atomic E-state index is -1.19. The fourth-order valence-electron chi connectivity index (χ4n) is 3.75. The molecule has 0 amide bonds. The lowest BCUT2D eigenvalue weighted by Gasteiger charge is -2.28. The molecule has 2 aliphatic heterocycles. The SMILES string of the molecule is C=C1C[C@H](C)C[C@@H]2CC=C[C@@H](CC=CC(=O)O[C@H]([C@@H](O)CO)CC=C[C@H](O)C1)O2. The van der Waals surface area contributed by atoms with Crippen molar-refractivity contribution in [3.8, 4) is 0 Å². The molecule has 2 aliphatic rings. The van der Waals surface area contributed by atoms with E-state index in [9.17, 15) is 20.1 Å². The minimum absolute atomic E-state index is 0.0873. The number of ether oxygens (including phenoxy) is 2. The summed E-state index contributed by atoms with van der Waals surface area (Å²) in [5.41, 5.74) is 0.972. The summed E-state index contributed by atoms with van der Waals surface area (Å²) < 4.78 is 11.4. The Hall–Kier alpha value is -1.73. The number of aliphatic hydroxyl groups is 3. The van der Waals surface area contributed by atoms with Crippen LogP contribution in [0, 0.1) is 5.92 Å². The van der Waals surface area contributed by atoms with Crippen molar-refractivity contribution in [2.45, 2.75) is 76.0 Å². The number of hydrogen-bond acceptors (Lipinski definition) is 6. The first-order chi connectivity index (χ1) is 13.9. The molecule has 162 valence electrons. The molecule has 0 fully saturated rings. The molecular weight excluding hydrogens is 372 g/mol. The number of cyclic esters (lactones) is 1. The van der Waals surface area contributed by atoms with E-state index >= 15 is 0 Å². The van der Waals surface area contributed by atoms with Gasteiger partial charge in [-0.15, -0.1) is 0 Å². The summed E-state index contributed by atoms with van der Waals surface area (Å²) in [5, 5.41) is 29.4. The molecule has 0 aliphatic carbocycles. The van der Waals surface area contributed by atoms with Crippen LogP contribution in [-0.4, -0.2) is 58.4 Å². The number of carbonyl (C=O) groups is 1. The van der Waals surface area contributed by atoms with Crippen molar-refractivity contribution < 1.29 is 29.6 Å². The van der Waals surface area contributed by atoms with E-state index in [2.05, 4.69) is 19.6 Å². The van der Waals surface area contributed by atoms with Crippen molar-refractivity contribution in [3.63, 3.8) is 0 Å². The van der Waals surface area contributed by atoms with E-state index < -0.39 is 30.9 Å². The molecule has 0 aromatic rings. The van der Waals surface area contributed by atoms with E-state index in [4.69, 9.17) is 9.47 Å². The molecule has 0 saturated heterocycles. The number of hydrogen-bond donors (Lipinski definition) is 3. The molecule has 0 spiro atoms. The monoisotopic (exact) mass is 406 g/mol. The molecule has 2 heterocycles. The van der Waals surface area contributed by atoms with Gasteiger partial charge in [-0.2, -0.15) is 0 Å². The maximum atomic E-state index is 12.1. The fourth-order valence-corrected chi connectivity index (χ4v) is 3.75. The van der Waals surface area contributed by atoms with Crippen molar-refractivity contribution >= 4 is 5.97 Å². The highest BCUT2D eigenvalue weighted by atomic mass is 16.6. The normalized spacial score (nSPS) is 33.6. The molecule has 0 aromatic carbocycles. The molecule has 2 rings (SSSR count). The van der Waals surface area contributed by atoms with Gasteiger partial charge in [0.05, 0.1) is 24.9 Å². The molecule has 6 nitrogen and oxygen atoms in total. The van der Waals surface area contributed by atoms with Crippen molar-refractivity contribution in [2.75, 3.05) is 6.61 Å². The van der Waals surface area contributed by atoms with Crippen LogP contribution in [0.1, 0.15) is 45.4 Å². The summed E-state index contributed by atoms with van der Waals surface area (Å²) in [5.74, 6) is -0.194. The Morgan fingerprint density at radius 2 is 1.93 bits per heavy atom. The fraction of sp³-hybridized carbons (Fsp3) is 0.609. The lowest BCUT2D eigenvalue weighted by atomic mass is 9.91. The van der Waals surface area contributed by atoms with Gasteiger partial charge in [0.1, 0.15) is 12.2 Å². The zero-order valence-corrected chi connectivity index (χ0v) is 17.2. The molecule has 2 bridgehead atoms. The van der Waals surface area contributed by atoms with E-state index in [1.54, 1.807) is 18.2 Å². The van der Waals surface area contributed by atoms with Crippen molar-refractivity contribution in [3.05, 3.63) is 48.6 Å². The number of rotatable bonds is 2. The van der Waals surface area contributed by atoms with Crippen LogP contribution in [-0.2, 0) is 14.3 Å². The molecular formula is C23H34O6. The van der Waals surface area contributed by atoms with Gasteiger partial charge in [-0.1, -0.05) is 49.5 Å². The molecule has 0 aromatic heterocycles. The highest BCUT2D eigenvalue weighted by Crippen LogP contribution is 2.25. The summed E-state index contributed by atoms with van der Waals surface area (Å²) in [6, 6.07) is 0. The molecule has 0 radical (unpaired) electrons. The summed E-state index contributed by atoms with van der Waals surface area (Å²) in [7, 11) is 0. The third kappa shape index (κ3) is 8.66. The Balaban J connectivity index is 2.11. The number of fused-ring (bicyclic) bond motifs is 2. The van der Waals surface area contributed by atoms with Gasteiger partial charge in [0.25, 0.3) is 0 Å². The summed E-state index contributed by atoms with van der Waals surface area (Å²) in [6.45, 7) is 5.74. The van der Waals surface area contributed by atoms with Crippen LogP contribution in [0.25, 0.3) is 0 Å². The second kappa shape index (κ2) is 12.1. The molecule has 0 saturated carbocycles. The second-order valence-electron chi connectivity index (χ2n) is 8.05. The Kier molecular flexibility index (Phi) is 9.81. The van der Waals surface area contributed by atoms with E-state index in [0.29, 0.717) is 18.8 Å². The van der Waals surface area contributed by atoms with Crippen molar-refractivity contribution in [1.29, 1.82) is 0 Å². The maximum Gasteiger partial charge on any atom is 0.330 e. The van der Waals surface area contributed by atoms with Crippen LogP contribution in [0.2, 0.25) is 0 Å². The van der Waals surface area contributed by atoms with Crippen LogP contribution in [0.15, 0.2) is 48.6 Å². The zero-order chi connectivity index (χ0) is 21.2. The van der Waals surface area contributed by atoms with Crippen molar-refractivity contribution in [1.82, 2.24) is 0 Å². The van der Waals surface area contributed by atoms with Crippen LogP contribution < -0.4 is 0 Å². The Morgan fingerprint density at radius 3 is 2.69 bits per heavy atom. The van der Waals surface area contributed by atoms with Gasteiger partial charge >= 0.3 is 5.97 Å². The van der Waals surface area contributed by atoms with Gasteiger partial charge in [-0.05, 0) is 38.0 Å². The van der Waals surface area contributed by atoms with Crippen LogP contribution in [0.3, 0.4) is 0 Å². The number of esters is 1. The van der Waals surface area contributed by atoms with Gasteiger partial charge in [0.2, 0.25) is 0 Å². The van der Waals surface area contributed by atoms with E-state index in [1.807, 2.05) is 6.08 Å². The third-order valence-electron chi connectivity index (χ3n) is 5.15. The highest BCUT2D eigenvalue weighted by molar-refractivity contribution is 5.82. The summed E-state index contributed by atoms with van der Waals surface area (Å²) >= 11 is 0. The minimum Gasteiger partial charge on any atom is -0.456 e. The predicted molar refractivity (Wildman–Crippen MR) is 111 cm³/mol. The van der Waals surface area contributed by atoms with Crippen LogP contribution in [0.4, 0.5) is 0 Å². The number of carbonyl (C=O) groups excluding carboxylic acids is 1. The van der Waals surface area contributed by atoms with E-state index in [0.717, 1.165) is 24.8 Å². The van der Waals surface area contributed by atoms with Gasteiger partial charge in [-0.3, -0.25) is 0 Å². The largest absolute Gasteiger partial charge is 0.456 e. The molecule has 0 unspecified atom stereocenters. The number of aliphatic hydroxyl groups excluding tert-OH is 3. The maximum absolute atomic E-state index is 12.1. The average molecular weight is 407 g/mol. The first-order valence-electron chi connectivity index (χ1n) is 10.4. The first kappa shape index (κ1) is 23.5. The van der Waals surface area contributed by atoms with E-state index in [-0.39, 0.29) is 18.6 Å². The van der Waals surface area contributed by atoms with Gasteiger partial charge in [0, 0.05) is 12.5 Å². The lowest BCUT2D eigenvalue weighted by molar-refractivity contribution is -0.150. The quantitative estimate of drug-likeness (QED) is 0.482. The zero-order valence-electron chi connectivity index (χ0n) is 17.2. The average Bonchev–Trinajstić information content (AvgIpc) is 2.65. The summed E-state index contributed by atoms with van der Waals surface area (Å²) in [6.07, 6.45) is 11.5.